The minimum atomic E-state index is -0.824. The molecule has 0 saturated carbocycles. The van der Waals surface area contributed by atoms with E-state index in [2.05, 4.69) is 10.1 Å². The first-order valence-corrected chi connectivity index (χ1v) is 7.42. The summed E-state index contributed by atoms with van der Waals surface area (Å²) in [4.78, 5) is 15.9. The molecule has 1 aliphatic rings. The van der Waals surface area contributed by atoms with Crippen molar-refractivity contribution in [3.8, 4) is 0 Å². The standard InChI is InChI=1S/C16H17F2N3O2/c1-11-9-12(19-23-11)10-20-5-7-21(8-6-20)16(22)15-13(17)3-2-4-14(15)18/h2-4,9H,5-8,10H2,1H3. The Morgan fingerprint density at radius 1 is 1.22 bits per heavy atom. The van der Waals surface area contributed by atoms with Gasteiger partial charge in [0.25, 0.3) is 5.91 Å². The molecule has 2 heterocycles. The maximum absolute atomic E-state index is 13.7. The Bertz CT molecular complexity index is 689. The number of aryl methyl sites for hydroxylation is 1. The van der Waals surface area contributed by atoms with Crippen LogP contribution in [-0.4, -0.2) is 47.0 Å². The van der Waals surface area contributed by atoms with Crippen LogP contribution in [-0.2, 0) is 6.54 Å². The van der Waals surface area contributed by atoms with Crippen molar-refractivity contribution >= 4 is 5.91 Å². The smallest absolute Gasteiger partial charge is 0.259 e. The minimum Gasteiger partial charge on any atom is -0.361 e. The number of hydrogen-bond donors (Lipinski definition) is 0. The van der Waals surface area contributed by atoms with Crippen molar-refractivity contribution < 1.29 is 18.1 Å². The molecule has 2 aromatic rings. The van der Waals surface area contributed by atoms with Gasteiger partial charge in [0, 0.05) is 38.8 Å². The fourth-order valence-corrected chi connectivity index (χ4v) is 2.69. The molecule has 0 radical (unpaired) electrons. The van der Waals surface area contributed by atoms with Crippen LogP contribution < -0.4 is 0 Å². The number of hydrogen-bond acceptors (Lipinski definition) is 4. The normalized spacial score (nSPS) is 15.9. The Morgan fingerprint density at radius 2 is 1.87 bits per heavy atom. The summed E-state index contributed by atoms with van der Waals surface area (Å²) >= 11 is 0. The second-order valence-electron chi connectivity index (χ2n) is 5.59. The van der Waals surface area contributed by atoms with Gasteiger partial charge in [0.05, 0.1) is 5.69 Å². The molecule has 1 saturated heterocycles. The van der Waals surface area contributed by atoms with Crippen molar-refractivity contribution in [2.75, 3.05) is 26.2 Å². The Balaban J connectivity index is 1.61. The third-order valence-corrected chi connectivity index (χ3v) is 3.90. The number of carbonyl (C=O) groups excluding carboxylic acids is 1. The minimum absolute atomic E-state index is 0.420. The van der Waals surface area contributed by atoms with E-state index in [0.717, 1.165) is 23.6 Å². The second-order valence-corrected chi connectivity index (χ2v) is 5.59. The zero-order chi connectivity index (χ0) is 16.4. The lowest BCUT2D eigenvalue weighted by Crippen LogP contribution is -2.48. The fourth-order valence-electron chi connectivity index (χ4n) is 2.69. The Morgan fingerprint density at radius 3 is 2.43 bits per heavy atom. The number of halogens is 2. The molecule has 7 heteroatoms. The molecule has 1 amide bonds. The highest BCUT2D eigenvalue weighted by Gasteiger charge is 2.26. The summed E-state index contributed by atoms with van der Waals surface area (Å²) in [6.07, 6.45) is 0. The SMILES string of the molecule is Cc1cc(CN2CCN(C(=O)c3c(F)cccc3F)CC2)no1. The first kappa shape index (κ1) is 15.6. The lowest BCUT2D eigenvalue weighted by molar-refractivity contribution is 0.0616. The van der Waals surface area contributed by atoms with Crippen LogP contribution in [0.15, 0.2) is 28.8 Å². The van der Waals surface area contributed by atoms with E-state index in [0.29, 0.717) is 32.7 Å². The Hall–Kier alpha value is -2.28. The highest BCUT2D eigenvalue weighted by atomic mass is 19.1. The van der Waals surface area contributed by atoms with Gasteiger partial charge >= 0.3 is 0 Å². The molecular weight excluding hydrogens is 304 g/mol. The van der Waals surface area contributed by atoms with E-state index < -0.39 is 23.1 Å². The van der Waals surface area contributed by atoms with Gasteiger partial charge in [0.2, 0.25) is 0 Å². The topological polar surface area (TPSA) is 49.6 Å². The van der Waals surface area contributed by atoms with Gasteiger partial charge in [0.15, 0.2) is 0 Å². The van der Waals surface area contributed by atoms with Crippen molar-refractivity contribution in [3.05, 3.63) is 52.9 Å². The highest BCUT2D eigenvalue weighted by molar-refractivity contribution is 5.94. The average Bonchev–Trinajstić information content (AvgIpc) is 2.93. The van der Waals surface area contributed by atoms with Gasteiger partial charge in [-0.1, -0.05) is 11.2 Å². The van der Waals surface area contributed by atoms with Crippen molar-refractivity contribution in [1.82, 2.24) is 15.0 Å². The summed E-state index contributed by atoms with van der Waals surface area (Å²) in [6, 6.07) is 5.31. The second kappa shape index (κ2) is 6.45. The largest absolute Gasteiger partial charge is 0.361 e. The van der Waals surface area contributed by atoms with Gasteiger partial charge < -0.3 is 9.42 Å². The average molecular weight is 321 g/mol. The Kier molecular flexibility index (Phi) is 4.38. The zero-order valence-corrected chi connectivity index (χ0v) is 12.8. The maximum atomic E-state index is 13.7. The van der Waals surface area contributed by atoms with E-state index in [1.54, 1.807) is 0 Å². The summed E-state index contributed by atoms with van der Waals surface area (Å²) in [5.41, 5.74) is 0.357. The molecule has 3 rings (SSSR count). The molecule has 1 aromatic heterocycles. The summed E-state index contributed by atoms with van der Waals surface area (Å²) in [5, 5.41) is 3.94. The molecule has 1 fully saturated rings. The van der Waals surface area contributed by atoms with E-state index >= 15 is 0 Å². The number of aromatic nitrogens is 1. The van der Waals surface area contributed by atoms with Crippen LogP contribution in [0.4, 0.5) is 8.78 Å². The van der Waals surface area contributed by atoms with E-state index in [9.17, 15) is 13.6 Å². The van der Waals surface area contributed by atoms with E-state index in [4.69, 9.17) is 4.52 Å². The van der Waals surface area contributed by atoms with Crippen LogP contribution in [0.5, 0.6) is 0 Å². The van der Waals surface area contributed by atoms with Crippen LogP contribution in [0.2, 0.25) is 0 Å². The summed E-state index contributed by atoms with van der Waals surface area (Å²) in [5.74, 6) is -1.49. The van der Waals surface area contributed by atoms with Crippen molar-refractivity contribution in [1.29, 1.82) is 0 Å². The first-order valence-electron chi connectivity index (χ1n) is 7.42. The fraction of sp³-hybridized carbons (Fsp3) is 0.375. The van der Waals surface area contributed by atoms with E-state index in [1.165, 1.54) is 11.0 Å². The molecule has 0 N–H and O–H groups in total. The molecule has 0 atom stereocenters. The zero-order valence-electron chi connectivity index (χ0n) is 12.8. The number of nitrogens with zero attached hydrogens (tertiary/aromatic N) is 3. The monoisotopic (exact) mass is 321 g/mol. The molecule has 0 spiro atoms. The van der Waals surface area contributed by atoms with Crippen LogP contribution >= 0.6 is 0 Å². The van der Waals surface area contributed by atoms with Crippen LogP contribution in [0, 0.1) is 18.6 Å². The molecule has 0 unspecified atom stereocenters. The van der Waals surface area contributed by atoms with Crippen LogP contribution in [0.3, 0.4) is 0 Å². The summed E-state index contributed by atoms with van der Waals surface area (Å²) in [6.45, 7) is 4.54. The van der Waals surface area contributed by atoms with Gasteiger partial charge in [-0.3, -0.25) is 9.69 Å². The molecular formula is C16H17F2N3O2. The third-order valence-electron chi connectivity index (χ3n) is 3.90. The summed E-state index contributed by atoms with van der Waals surface area (Å²) in [7, 11) is 0. The first-order chi connectivity index (χ1) is 11.0. The third kappa shape index (κ3) is 3.39. The number of benzene rings is 1. The van der Waals surface area contributed by atoms with Gasteiger partial charge in [0.1, 0.15) is 23.0 Å². The van der Waals surface area contributed by atoms with Crippen molar-refractivity contribution in [2.45, 2.75) is 13.5 Å². The van der Waals surface area contributed by atoms with E-state index in [1.807, 2.05) is 13.0 Å². The predicted octanol–water partition coefficient (Wildman–Crippen LogP) is 2.22. The number of piperazine rings is 1. The number of amides is 1. The quantitative estimate of drug-likeness (QED) is 0.870. The highest BCUT2D eigenvalue weighted by Crippen LogP contribution is 2.17. The molecule has 0 bridgehead atoms. The lowest BCUT2D eigenvalue weighted by Gasteiger charge is -2.34. The van der Waals surface area contributed by atoms with Crippen molar-refractivity contribution in [2.24, 2.45) is 0 Å². The van der Waals surface area contributed by atoms with Gasteiger partial charge in [-0.25, -0.2) is 8.78 Å². The maximum Gasteiger partial charge on any atom is 0.259 e. The molecule has 5 nitrogen and oxygen atoms in total. The van der Waals surface area contributed by atoms with Gasteiger partial charge in [-0.05, 0) is 19.1 Å². The van der Waals surface area contributed by atoms with Crippen molar-refractivity contribution in [3.63, 3.8) is 0 Å². The summed E-state index contributed by atoms with van der Waals surface area (Å²) < 4.78 is 32.4. The predicted molar refractivity (Wildman–Crippen MR) is 78.8 cm³/mol. The molecule has 0 aliphatic carbocycles. The van der Waals surface area contributed by atoms with Gasteiger partial charge in [-0.2, -0.15) is 0 Å². The van der Waals surface area contributed by atoms with Crippen LogP contribution in [0.1, 0.15) is 21.8 Å². The lowest BCUT2D eigenvalue weighted by atomic mass is 10.1. The molecule has 122 valence electrons. The number of rotatable bonds is 3. The van der Waals surface area contributed by atoms with Crippen LogP contribution in [0.25, 0.3) is 0 Å². The van der Waals surface area contributed by atoms with Gasteiger partial charge in [-0.15, -0.1) is 0 Å². The van der Waals surface area contributed by atoms with E-state index in [-0.39, 0.29) is 0 Å². The molecule has 1 aliphatic heterocycles. The Labute approximate surface area is 132 Å². The number of carbonyl (C=O) groups is 1. The molecule has 23 heavy (non-hydrogen) atoms. The molecule has 1 aromatic carbocycles.